The van der Waals surface area contributed by atoms with Gasteiger partial charge < -0.3 is 20.5 Å². The highest BCUT2D eigenvalue weighted by Gasteiger charge is 2.11. The van der Waals surface area contributed by atoms with Crippen LogP contribution < -0.4 is 10.6 Å². The number of ether oxygens (including phenoxy) is 1. The minimum atomic E-state index is -1.20. The van der Waals surface area contributed by atoms with Gasteiger partial charge in [-0.05, 0) is 55.5 Å². The molecule has 8 nitrogen and oxygen atoms in total. The first-order valence-electron chi connectivity index (χ1n) is 8.30. The number of anilines is 2. The van der Waals surface area contributed by atoms with Gasteiger partial charge in [-0.3, -0.25) is 9.59 Å². The van der Waals surface area contributed by atoms with Gasteiger partial charge in [0, 0.05) is 28.0 Å². The van der Waals surface area contributed by atoms with E-state index >= 15 is 0 Å². The summed E-state index contributed by atoms with van der Waals surface area (Å²) in [6, 6.07) is 12.2. The molecule has 150 valence electrons. The van der Waals surface area contributed by atoms with Crippen LogP contribution in [0.2, 0.25) is 5.02 Å². The van der Waals surface area contributed by atoms with Crippen LogP contribution in [0, 0.1) is 0 Å². The molecule has 0 radical (unpaired) electrons. The summed E-state index contributed by atoms with van der Waals surface area (Å²) in [5.74, 6) is -3.03. The molecule has 0 spiro atoms. The van der Waals surface area contributed by atoms with E-state index in [9.17, 15) is 19.2 Å². The average molecular weight is 417 g/mol. The van der Waals surface area contributed by atoms with Crippen molar-refractivity contribution in [3.05, 3.63) is 70.8 Å². The third-order valence-electron chi connectivity index (χ3n) is 3.54. The molecule has 0 saturated heterocycles. The number of benzene rings is 2. The van der Waals surface area contributed by atoms with Gasteiger partial charge in [0.15, 0.2) is 6.61 Å². The second-order valence-electron chi connectivity index (χ2n) is 5.83. The lowest BCUT2D eigenvalue weighted by atomic mass is 10.2. The Hall–Kier alpha value is -3.65. The molecule has 2 rings (SSSR count). The normalized spacial score (nSPS) is 10.8. The zero-order valence-corrected chi connectivity index (χ0v) is 16.0. The summed E-state index contributed by atoms with van der Waals surface area (Å²) in [6.07, 6.45) is 0.948. The van der Waals surface area contributed by atoms with Gasteiger partial charge in [-0.2, -0.15) is 0 Å². The Balaban J connectivity index is 1.86. The van der Waals surface area contributed by atoms with E-state index in [1.807, 2.05) is 0 Å². The number of nitrogens with one attached hydrogen (secondary N) is 2. The van der Waals surface area contributed by atoms with Crippen molar-refractivity contribution in [3.8, 4) is 0 Å². The SMILES string of the molecule is CC(=CC(=O)Nc1ccc(C(=O)OCC(=O)Nc2ccc(Cl)cc2)cc1)C(=O)O. The monoisotopic (exact) mass is 416 g/mol. The van der Waals surface area contributed by atoms with Gasteiger partial charge in [-0.1, -0.05) is 11.6 Å². The highest BCUT2D eigenvalue weighted by molar-refractivity contribution is 6.30. The molecule has 2 aromatic carbocycles. The fourth-order valence-electron chi connectivity index (χ4n) is 2.07. The lowest BCUT2D eigenvalue weighted by Crippen LogP contribution is -2.20. The van der Waals surface area contributed by atoms with Gasteiger partial charge in [-0.15, -0.1) is 0 Å². The molecule has 0 aliphatic heterocycles. The third-order valence-corrected chi connectivity index (χ3v) is 3.79. The molecule has 0 fully saturated rings. The van der Waals surface area contributed by atoms with Gasteiger partial charge in [0.1, 0.15) is 0 Å². The molecule has 0 aromatic heterocycles. The number of aliphatic carboxylic acids is 1. The second-order valence-corrected chi connectivity index (χ2v) is 6.27. The zero-order chi connectivity index (χ0) is 21.4. The lowest BCUT2D eigenvalue weighted by Gasteiger charge is -2.07. The molecule has 0 aliphatic carbocycles. The molecule has 3 N–H and O–H groups in total. The number of esters is 1. The van der Waals surface area contributed by atoms with Crippen LogP contribution in [0.3, 0.4) is 0 Å². The Morgan fingerprint density at radius 3 is 2.10 bits per heavy atom. The average Bonchev–Trinajstić information content (AvgIpc) is 2.68. The molecular formula is C20H17ClN2O6. The molecule has 0 unspecified atom stereocenters. The molecule has 0 aliphatic rings. The molecule has 29 heavy (non-hydrogen) atoms. The first-order chi connectivity index (χ1) is 13.7. The van der Waals surface area contributed by atoms with Crippen LogP contribution in [0.25, 0.3) is 0 Å². The van der Waals surface area contributed by atoms with Gasteiger partial charge in [0.05, 0.1) is 5.56 Å². The summed E-state index contributed by atoms with van der Waals surface area (Å²) < 4.78 is 4.95. The number of rotatable bonds is 7. The number of halogens is 1. The number of hydrogen-bond acceptors (Lipinski definition) is 5. The van der Waals surface area contributed by atoms with Crippen LogP contribution in [0.15, 0.2) is 60.2 Å². The summed E-state index contributed by atoms with van der Waals surface area (Å²) in [6.45, 7) is 0.823. The lowest BCUT2D eigenvalue weighted by molar-refractivity contribution is -0.132. The number of carbonyl (C=O) groups is 4. The van der Waals surface area contributed by atoms with Crippen molar-refractivity contribution in [3.63, 3.8) is 0 Å². The van der Waals surface area contributed by atoms with Gasteiger partial charge in [0.25, 0.3) is 5.91 Å². The van der Waals surface area contributed by atoms with E-state index in [1.165, 1.54) is 31.2 Å². The largest absolute Gasteiger partial charge is 0.478 e. The van der Waals surface area contributed by atoms with Crippen molar-refractivity contribution < 1.29 is 29.0 Å². The quantitative estimate of drug-likeness (QED) is 0.471. The van der Waals surface area contributed by atoms with Gasteiger partial charge in [-0.25, -0.2) is 9.59 Å². The summed E-state index contributed by atoms with van der Waals surface area (Å²) in [7, 11) is 0. The van der Waals surface area contributed by atoms with Crippen molar-refractivity contribution >= 4 is 46.7 Å². The maximum atomic E-state index is 12.0. The predicted molar refractivity (Wildman–Crippen MR) is 107 cm³/mol. The minimum Gasteiger partial charge on any atom is -0.478 e. The summed E-state index contributed by atoms with van der Waals surface area (Å²) in [4.78, 5) is 46.2. The van der Waals surface area contributed by atoms with Gasteiger partial charge in [0.2, 0.25) is 5.91 Å². The Bertz CT molecular complexity index is 952. The smallest absolute Gasteiger partial charge is 0.338 e. The van der Waals surface area contributed by atoms with Crippen LogP contribution in [-0.4, -0.2) is 35.5 Å². The Morgan fingerprint density at radius 2 is 1.52 bits per heavy atom. The van der Waals surface area contributed by atoms with E-state index in [-0.39, 0.29) is 11.1 Å². The van der Waals surface area contributed by atoms with E-state index in [4.69, 9.17) is 21.4 Å². The Morgan fingerprint density at radius 1 is 0.966 bits per heavy atom. The third kappa shape index (κ3) is 7.11. The number of amides is 2. The summed E-state index contributed by atoms with van der Waals surface area (Å²) in [5, 5.41) is 14.3. The van der Waals surface area contributed by atoms with Crippen LogP contribution in [0.1, 0.15) is 17.3 Å². The molecule has 0 heterocycles. The van der Waals surface area contributed by atoms with Gasteiger partial charge >= 0.3 is 11.9 Å². The molecule has 9 heteroatoms. The second kappa shape index (κ2) is 10.0. The van der Waals surface area contributed by atoms with E-state index in [0.717, 1.165) is 6.08 Å². The molecule has 0 saturated carbocycles. The van der Waals surface area contributed by atoms with Crippen molar-refractivity contribution in [2.75, 3.05) is 17.2 Å². The van der Waals surface area contributed by atoms with E-state index in [2.05, 4.69) is 10.6 Å². The predicted octanol–water partition coefficient (Wildman–Crippen LogP) is 3.10. The number of carboxylic acids is 1. The van der Waals surface area contributed by atoms with Crippen molar-refractivity contribution in [1.82, 2.24) is 0 Å². The molecule has 2 amide bonds. The highest BCUT2D eigenvalue weighted by Crippen LogP contribution is 2.14. The Kier molecular flexibility index (Phi) is 7.50. The Labute approximate surface area is 171 Å². The maximum absolute atomic E-state index is 12.0. The topological polar surface area (TPSA) is 122 Å². The molecule has 0 bridgehead atoms. The van der Waals surface area contributed by atoms with E-state index in [1.54, 1.807) is 24.3 Å². The molecular weight excluding hydrogens is 400 g/mol. The van der Waals surface area contributed by atoms with Crippen molar-refractivity contribution in [1.29, 1.82) is 0 Å². The highest BCUT2D eigenvalue weighted by atomic mass is 35.5. The number of carbonyl (C=O) groups excluding carboxylic acids is 3. The summed E-state index contributed by atoms with van der Waals surface area (Å²) >= 11 is 5.76. The molecule has 2 aromatic rings. The molecule has 0 atom stereocenters. The fourth-order valence-corrected chi connectivity index (χ4v) is 2.20. The van der Waals surface area contributed by atoms with Crippen LogP contribution >= 0.6 is 11.6 Å². The van der Waals surface area contributed by atoms with Crippen LogP contribution in [-0.2, 0) is 19.1 Å². The maximum Gasteiger partial charge on any atom is 0.338 e. The first-order valence-corrected chi connectivity index (χ1v) is 8.67. The summed E-state index contributed by atoms with van der Waals surface area (Å²) in [5.41, 5.74) is 0.948. The minimum absolute atomic E-state index is 0.112. The van der Waals surface area contributed by atoms with Crippen LogP contribution in [0.4, 0.5) is 11.4 Å². The standard InChI is InChI=1S/C20H17ClN2O6/c1-12(19(26)27)10-17(24)22-15-6-2-13(3-7-15)20(28)29-11-18(25)23-16-8-4-14(21)5-9-16/h2-10H,11H2,1H3,(H,22,24)(H,23,25)(H,26,27). The van der Waals surface area contributed by atoms with Crippen molar-refractivity contribution in [2.24, 2.45) is 0 Å². The number of hydrogen-bond donors (Lipinski definition) is 3. The van der Waals surface area contributed by atoms with Crippen LogP contribution in [0.5, 0.6) is 0 Å². The zero-order valence-electron chi connectivity index (χ0n) is 15.3. The van der Waals surface area contributed by atoms with E-state index in [0.29, 0.717) is 16.4 Å². The van der Waals surface area contributed by atoms with Crippen molar-refractivity contribution in [2.45, 2.75) is 6.92 Å². The fraction of sp³-hybridized carbons (Fsp3) is 0.100. The first kappa shape index (κ1) is 21.6. The van der Waals surface area contributed by atoms with E-state index < -0.39 is 30.4 Å². The number of carboxylic acid groups (broad SMARTS) is 1.